The highest BCUT2D eigenvalue weighted by Crippen LogP contribution is 2.26. The van der Waals surface area contributed by atoms with Gasteiger partial charge in [-0.2, -0.15) is 4.31 Å². The van der Waals surface area contributed by atoms with Gasteiger partial charge in [-0.3, -0.25) is 14.4 Å². The minimum absolute atomic E-state index is 0.0680. The third kappa shape index (κ3) is 5.71. The third-order valence-corrected chi connectivity index (χ3v) is 7.92. The molecule has 2 aliphatic rings. The third-order valence-electron chi connectivity index (χ3n) is 6.03. The second-order valence-corrected chi connectivity index (χ2v) is 10.3. The SMILES string of the molecule is CC(=O)c1cccc(S(=O)(=O)N2CCC(C(=O)O[C@H](C)C(=O)NC3CCCC3)CC2)c1. The second-order valence-electron chi connectivity index (χ2n) is 8.33. The van der Waals surface area contributed by atoms with E-state index >= 15 is 0 Å². The number of esters is 1. The lowest BCUT2D eigenvalue weighted by atomic mass is 9.98. The Morgan fingerprint density at radius 3 is 2.35 bits per heavy atom. The van der Waals surface area contributed by atoms with Crippen molar-refractivity contribution in [3.05, 3.63) is 29.8 Å². The van der Waals surface area contributed by atoms with E-state index in [-0.39, 0.29) is 35.7 Å². The minimum Gasteiger partial charge on any atom is -0.452 e. The molecule has 1 aromatic rings. The van der Waals surface area contributed by atoms with Crippen molar-refractivity contribution in [1.82, 2.24) is 9.62 Å². The van der Waals surface area contributed by atoms with E-state index in [0.717, 1.165) is 25.7 Å². The fourth-order valence-electron chi connectivity index (χ4n) is 4.07. The lowest BCUT2D eigenvalue weighted by Gasteiger charge is -2.30. The van der Waals surface area contributed by atoms with Gasteiger partial charge in [0.05, 0.1) is 10.8 Å². The predicted molar refractivity (Wildman–Crippen MR) is 114 cm³/mol. The van der Waals surface area contributed by atoms with Crippen LogP contribution < -0.4 is 5.32 Å². The lowest BCUT2D eigenvalue weighted by Crippen LogP contribution is -2.44. The lowest BCUT2D eigenvalue weighted by molar-refractivity contribution is -0.160. The molecule has 1 aliphatic heterocycles. The van der Waals surface area contributed by atoms with Gasteiger partial charge in [0.2, 0.25) is 10.0 Å². The molecule has 170 valence electrons. The zero-order valence-corrected chi connectivity index (χ0v) is 18.8. The fraction of sp³-hybridized carbons (Fsp3) is 0.591. The summed E-state index contributed by atoms with van der Waals surface area (Å²) in [5, 5.41) is 2.92. The first-order valence-corrected chi connectivity index (χ1v) is 12.2. The van der Waals surface area contributed by atoms with Gasteiger partial charge in [0, 0.05) is 24.7 Å². The molecule has 0 unspecified atom stereocenters. The van der Waals surface area contributed by atoms with E-state index in [0.29, 0.717) is 18.4 Å². The van der Waals surface area contributed by atoms with Crippen LogP contribution in [0.25, 0.3) is 0 Å². The number of ketones is 1. The van der Waals surface area contributed by atoms with Crippen molar-refractivity contribution in [3.8, 4) is 0 Å². The van der Waals surface area contributed by atoms with Crippen molar-refractivity contribution in [2.75, 3.05) is 13.1 Å². The van der Waals surface area contributed by atoms with Crippen LogP contribution in [0.15, 0.2) is 29.2 Å². The summed E-state index contributed by atoms with van der Waals surface area (Å²) in [5.74, 6) is -1.41. The molecule has 0 bridgehead atoms. The Morgan fingerprint density at radius 2 is 1.74 bits per heavy atom. The van der Waals surface area contributed by atoms with Crippen LogP contribution in [-0.2, 0) is 24.3 Å². The Bertz CT molecular complexity index is 931. The number of carbonyl (C=O) groups excluding carboxylic acids is 3. The van der Waals surface area contributed by atoms with Crippen molar-refractivity contribution in [3.63, 3.8) is 0 Å². The maximum atomic E-state index is 12.9. The monoisotopic (exact) mass is 450 g/mol. The maximum absolute atomic E-state index is 12.9. The number of carbonyl (C=O) groups is 3. The molecule has 9 heteroatoms. The number of hydrogen-bond donors (Lipinski definition) is 1. The summed E-state index contributed by atoms with van der Waals surface area (Å²) in [6.45, 7) is 3.30. The van der Waals surface area contributed by atoms with Crippen LogP contribution in [0, 0.1) is 5.92 Å². The number of Topliss-reactive ketones (excluding diaryl/α,β-unsaturated/α-hetero) is 1. The van der Waals surface area contributed by atoms with Crippen LogP contribution >= 0.6 is 0 Å². The van der Waals surface area contributed by atoms with Gasteiger partial charge >= 0.3 is 5.97 Å². The quantitative estimate of drug-likeness (QED) is 0.504. The molecule has 1 heterocycles. The van der Waals surface area contributed by atoms with Gasteiger partial charge < -0.3 is 10.1 Å². The summed E-state index contributed by atoms with van der Waals surface area (Å²) < 4.78 is 32.5. The summed E-state index contributed by atoms with van der Waals surface area (Å²) >= 11 is 0. The van der Waals surface area contributed by atoms with E-state index in [9.17, 15) is 22.8 Å². The normalized spacial score (nSPS) is 19.7. The molecule has 0 spiro atoms. The number of rotatable bonds is 7. The van der Waals surface area contributed by atoms with E-state index in [2.05, 4.69) is 5.32 Å². The summed E-state index contributed by atoms with van der Waals surface area (Å²) in [5.41, 5.74) is 0.337. The second kappa shape index (κ2) is 9.91. The van der Waals surface area contributed by atoms with Crippen LogP contribution in [0.4, 0.5) is 0 Å². The number of nitrogens with one attached hydrogen (secondary N) is 1. The van der Waals surface area contributed by atoms with Gasteiger partial charge in [0.25, 0.3) is 5.91 Å². The van der Waals surface area contributed by atoms with E-state index in [1.165, 1.54) is 23.4 Å². The number of ether oxygens (including phenoxy) is 1. The highest BCUT2D eigenvalue weighted by atomic mass is 32.2. The molecular formula is C22H30N2O6S. The molecule has 1 amide bonds. The maximum Gasteiger partial charge on any atom is 0.309 e. The first-order chi connectivity index (χ1) is 14.7. The molecule has 1 aliphatic carbocycles. The van der Waals surface area contributed by atoms with Gasteiger partial charge in [-0.05, 0) is 51.7 Å². The Morgan fingerprint density at radius 1 is 1.10 bits per heavy atom. The van der Waals surface area contributed by atoms with Crippen LogP contribution in [0.2, 0.25) is 0 Å². The summed E-state index contributed by atoms with van der Waals surface area (Å²) in [4.78, 5) is 36.4. The topological polar surface area (TPSA) is 110 Å². The van der Waals surface area contributed by atoms with E-state index in [4.69, 9.17) is 4.74 Å². The number of sulfonamides is 1. The van der Waals surface area contributed by atoms with Gasteiger partial charge in [0.15, 0.2) is 11.9 Å². The average Bonchev–Trinajstić information content (AvgIpc) is 3.26. The molecule has 1 atom stereocenters. The van der Waals surface area contributed by atoms with Gasteiger partial charge in [0.1, 0.15) is 0 Å². The van der Waals surface area contributed by atoms with Crippen LogP contribution in [-0.4, -0.2) is 55.6 Å². The molecule has 8 nitrogen and oxygen atoms in total. The number of benzene rings is 1. The highest BCUT2D eigenvalue weighted by Gasteiger charge is 2.34. The van der Waals surface area contributed by atoms with Crippen LogP contribution in [0.5, 0.6) is 0 Å². The van der Waals surface area contributed by atoms with Gasteiger partial charge in [-0.25, -0.2) is 8.42 Å². The standard InChI is InChI=1S/C22H30N2O6S/c1-15(25)18-6-5-9-20(14-18)31(28,29)24-12-10-17(11-13-24)22(27)30-16(2)21(26)23-19-7-3-4-8-19/h5-6,9,14,16-17,19H,3-4,7-8,10-13H2,1-2H3,(H,23,26)/t16-/m1/s1. The fourth-order valence-corrected chi connectivity index (χ4v) is 5.59. The Balaban J connectivity index is 1.53. The van der Waals surface area contributed by atoms with Gasteiger partial charge in [-0.15, -0.1) is 0 Å². The number of piperidine rings is 1. The van der Waals surface area contributed by atoms with E-state index in [1.54, 1.807) is 19.1 Å². The molecule has 1 aromatic carbocycles. The van der Waals surface area contributed by atoms with Crippen LogP contribution in [0.3, 0.4) is 0 Å². The average molecular weight is 451 g/mol. The first-order valence-electron chi connectivity index (χ1n) is 10.8. The van der Waals surface area contributed by atoms with Crippen LogP contribution in [0.1, 0.15) is 62.7 Å². The Kier molecular flexibility index (Phi) is 7.48. The number of nitrogens with zero attached hydrogens (tertiary/aromatic N) is 1. The summed E-state index contributed by atoms with van der Waals surface area (Å²) in [7, 11) is -3.75. The van der Waals surface area contributed by atoms with Crippen molar-refractivity contribution in [2.24, 2.45) is 5.92 Å². The highest BCUT2D eigenvalue weighted by molar-refractivity contribution is 7.89. The molecule has 3 rings (SSSR count). The molecular weight excluding hydrogens is 420 g/mol. The summed E-state index contributed by atoms with van der Waals surface area (Å²) in [6, 6.07) is 6.12. The molecule has 31 heavy (non-hydrogen) atoms. The molecule has 2 fully saturated rings. The van der Waals surface area contributed by atoms with Crippen molar-refractivity contribution in [1.29, 1.82) is 0 Å². The Hall–Kier alpha value is -2.26. The largest absolute Gasteiger partial charge is 0.452 e. The zero-order valence-electron chi connectivity index (χ0n) is 18.0. The number of hydrogen-bond acceptors (Lipinski definition) is 6. The van der Waals surface area contributed by atoms with E-state index < -0.39 is 28.0 Å². The van der Waals surface area contributed by atoms with E-state index in [1.807, 2.05) is 0 Å². The van der Waals surface area contributed by atoms with Crippen molar-refractivity contribution < 1.29 is 27.5 Å². The van der Waals surface area contributed by atoms with Crippen molar-refractivity contribution in [2.45, 2.75) is 69.4 Å². The smallest absolute Gasteiger partial charge is 0.309 e. The number of amides is 1. The predicted octanol–water partition coefficient (Wildman–Crippen LogP) is 2.28. The van der Waals surface area contributed by atoms with Gasteiger partial charge in [-0.1, -0.05) is 25.0 Å². The van der Waals surface area contributed by atoms with Crippen molar-refractivity contribution >= 4 is 27.7 Å². The summed E-state index contributed by atoms with van der Waals surface area (Å²) in [6.07, 6.45) is 3.87. The Labute approximate surface area is 183 Å². The molecule has 1 saturated heterocycles. The molecule has 1 saturated carbocycles. The molecule has 0 aromatic heterocycles. The minimum atomic E-state index is -3.75. The first kappa shape index (κ1) is 23.4. The molecule has 1 N–H and O–H groups in total. The molecule has 0 radical (unpaired) electrons. The zero-order chi connectivity index (χ0) is 22.6.